The smallest absolute Gasteiger partial charge is 0.254 e. The van der Waals surface area contributed by atoms with Gasteiger partial charge in [-0.1, -0.05) is 68.3 Å². The second kappa shape index (κ2) is 14.4. The summed E-state index contributed by atoms with van der Waals surface area (Å²) in [5, 5.41) is 3.00. The summed E-state index contributed by atoms with van der Waals surface area (Å²) >= 11 is 0. The molecule has 1 unspecified atom stereocenters. The maximum atomic E-state index is 13.9. The summed E-state index contributed by atoms with van der Waals surface area (Å²) in [6, 6.07) is 23.0. The van der Waals surface area contributed by atoms with Gasteiger partial charge in [-0.3, -0.25) is 9.59 Å². The monoisotopic (exact) mass is 528 g/mol. The third-order valence-corrected chi connectivity index (χ3v) is 7.23. The Labute approximate surface area is 232 Å². The van der Waals surface area contributed by atoms with Crippen LogP contribution in [0.4, 0.5) is 0 Å². The Morgan fingerprint density at radius 3 is 2.44 bits per heavy atom. The first-order valence-electron chi connectivity index (χ1n) is 14.1. The average Bonchev–Trinajstić information content (AvgIpc) is 3.19. The Kier molecular flexibility index (Phi) is 10.4. The zero-order valence-corrected chi connectivity index (χ0v) is 23.2. The van der Waals surface area contributed by atoms with Crippen molar-refractivity contribution in [3.8, 4) is 11.5 Å². The quantitative estimate of drug-likeness (QED) is 0.280. The lowest BCUT2D eigenvalue weighted by atomic mass is 10.0. The molecule has 1 heterocycles. The van der Waals surface area contributed by atoms with Crippen molar-refractivity contribution in [3.05, 3.63) is 95.1 Å². The summed E-state index contributed by atoms with van der Waals surface area (Å²) in [7, 11) is 1.61. The van der Waals surface area contributed by atoms with Gasteiger partial charge in [0.1, 0.15) is 12.6 Å². The highest BCUT2D eigenvalue weighted by Gasteiger charge is 2.31. The van der Waals surface area contributed by atoms with E-state index >= 15 is 0 Å². The molecular formula is C33H40N2O4. The SMILES string of the molecule is CCCCCc1ccc(C(=O)N(Cc2ccc(OC)c(OCc3ccccc3)c2)C2CCCCNC2=O)cc1. The van der Waals surface area contributed by atoms with Gasteiger partial charge in [0.2, 0.25) is 5.91 Å². The van der Waals surface area contributed by atoms with E-state index in [0.29, 0.717) is 43.2 Å². The van der Waals surface area contributed by atoms with E-state index in [0.717, 1.165) is 36.8 Å². The van der Waals surface area contributed by atoms with Gasteiger partial charge in [-0.15, -0.1) is 0 Å². The Hall–Kier alpha value is -3.80. The van der Waals surface area contributed by atoms with Gasteiger partial charge in [-0.2, -0.15) is 0 Å². The first kappa shape index (κ1) is 28.2. The first-order chi connectivity index (χ1) is 19.1. The molecule has 0 spiro atoms. The van der Waals surface area contributed by atoms with Crippen LogP contribution in [0, 0.1) is 0 Å². The molecule has 4 rings (SSSR count). The molecule has 1 aliphatic rings. The lowest BCUT2D eigenvalue weighted by Crippen LogP contribution is -2.48. The lowest BCUT2D eigenvalue weighted by Gasteiger charge is -2.30. The number of carbonyl (C=O) groups excluding carboxylic acids is 2. The number of hydrogen-bond donors (Lipinski definition) is 1. The van der Waals surface area contributed by atoms with Gasteiger partial charge in [0.25, 0.3) is 5.91 Å². The van der Waals surface area contributed by atoms with E-state index in [1.807, 2.05) is 72.8 Å². The second-order valence-corrected chi connectivity index (χ2v) is 10.1. The summed E-state index contributed by atoms with van der Waals surface area (Å²) < 4.78 is 11.7. The number of rotatable bonds is 12. The van der Waals surface area contributed by atoms with Crippen molar-refractivity contribution in [1.29, 1.82) is 0 Å². The summed E-state index contributed by atoms with van der Waals surface area (Å²) in [6.07, 6.45) is 6.97. The van der Waals surface area contributed by atoms with E-state index in [-0.39, 0.29) is 11.8 Å². The first-order valence-corrected chi connectivity index (χ1v) is 14.1. The number of ether oxygens (including phenoxy) is 2. The molecule has 3 aromatic rings. The molecule has 0 aromatic heterocycles. The van der Waals surface area contributed by atoms with Crippen molar-refractivity contribution in [2.75, 3.05) is 13.7 Å². The number of nitrogens with zero attached hydrogens (tertiary/aromatic N) is 1. The molecule has 1 atom stereocenters. The van der Waals surface area contributed by atoms with Crippen LogP contribution in [-0.4, -0.2) is 36.4 Å². The third-order valence-electron chi connectivity index (χ3n) is 7.23. The maximum Gasteiger partial charge on any atom is 0.254 e. The summed E-state index contributed by atoms with van der Waals surface area (Å²) in [5.41, 5.74) is 3.75. The molecule has 1 saturated heterocycles. The van der Waals surface area contributed by atoms with Gasteiger partial charge < -0.3 is 19.7 Å². The number of benzene rings is 3. The largest absolute Gasteiger partial charge is 0.493 e. The molecule has 6 nitrogen and oxygen atoms in total. The van der Waals surface area contributed by atoms with E-state index in [9.17, 15) is 9.59 Å². The van der Waals surface area contributed by atoms with Crippen LogP contribution in [-0.2, 0) is 24.4 Å². The van der Waals surface area contributed by atoms with Gasteiger partial charge in [-0.05, 0) is 73.1 Å². The fraction of sp³-hybridized carbons (Fsp3) is 0.394. The molecular weight excluding hydrogens is 488 g/mol. The van der Waals surface area contributed by atoms with Gasteiger partial charge in [0, 0.05) is 18.7 Å². The molecule has 206 valence electrons. The third kappa shape index (κ3) is 7.85. The van der Waals surface area contributed by atoms with E-state index in [1.165, 1.54) is 18.4 Å². The molecule has 0 radical (unpaired) electrons. The molecule has 1 N–H and O–H groups in total. The lowest BCUT2D eigenvalue weighted by molar-refractivity contribution is -0.125. The topological polar surface area (TPSA) is 67.9 Å². The van der Waals surface area contributed by atoms with Crippen LogP contribution in [0.25, 0.3) is 0 Å². The molecule has 1 fully saturated rings. The highest BCUT2D eigenvalue weighted by atomic mass is 16.5. The normalized spacial score (nSPS) is 15.2. The molecule has 6 heteroatoms. The Morgan fingerprint density at radius 1 is 0.923 bits per heavy atom. The van der Waals surface area contributed by atoms with Crippen LogP contribution in [0.15, 0.2) is 72.8 Å². The van der Waals surface area contributed by atoms with Crippen LogP contribution in [0.2, 0.25) is 0 Å². The Bertz CT molecular complexity index is 1210. The highest BCUT2D eigenvalue weighted by Crippen LogP contribution is 2.30. The van der Waals surface area contributed by atoms with E-state index < -0.39 is 6.04 Å². The van der Waals surface area contributed by atoms with Crippen molar-refractivity contribution in [3.63, 3.8) is 0 Å². The predicted octanol–water partition coefficient (Wildman–Crippen LogP) is 6.32. The van der Waals surface area contributed by atoms with Gasteiger partial charge in [-0.25, -0.2) is 0 Å². The fourth-order valence-electron chi connectivity index (χ4n) is 4.97. The van der Waals surface area contributed by atoms with E-state index in [1.54, 1.807) is 12.0 Å². The zero-order valence-electron chi connectivity index (χ0n) is 23.2. The molecule has 0 bridgehead atoms. The van der Waals surface area contributed by atoms with E-state index in [2.05, 4.69) is 12.2 Å². The number of nitrogens with one attached hydrogen (secondary N) is 1. The molecule has 0 saturated carbocycles. The number of carbonyl (C=O) groups is 2. The summed E-state index contributed by atoms with van der Waals surface area (Å²) in [4.78, 5) is 28.7. The van der Waals surface area contributed by atoms with Crippen LogP contribution >= 0.6 is 0 Å². The standard InChI is InChI=1S/C33H40N2O4/c1-3-4-6-11-25-15-18-28(19-16-25)33(37)35(29-14-9-10-21-34-32(29)36)23-27-17-20-30(38-2)31(22-27)39-24-26-12-7-5-8-13-26/h5,7-8,12-13,15-20,22,29H,3-4,6,9-11,14,21,23-24H2,1-2H3,(H,34,36). The van der Waals surface area contributed by atoms with Crippen LogP contribution in [0.5, 0.6) is 11.5 Å². The minimum Gasteiger partial charge on any atom is -0.493 e. The van der Waals surface area contributed by atoms with Crippen molar-refractivity contribution in [1.82, 2.24) is 10.2 Å². The molecule has 0 aliphatic carbocycles. The van der Waals surface area contributed by atoms with Gasteiger partial charge in [0.15, 0.2) is 11.5 Å². The molecule has 39 heavy (non-hydrogen) atoms. The van der Waals surface area contributed by atoms with Crippen molar-refractivity contribution in [2.24, 2.45) is 0 Å². The number of methoxy groups -OCH3 is 1. The molecule has 2 amide bonds. The van der Waals surface area contributed by atoms with Crippen LogP contribution in [0.3, 0.4) is 0 Å². The number of hydrogen-bond acceptors (Lipinski definition) is 4. The van der Waals surface area contributed by atoms with Crippen molar-refractivity contribution in [2.45, 2.75) is 71.1 Å². The Morgan fingerprint density at radius 2 is 1.69 bits per heavy atom. The van der Waals surface area contributed by atoms with Crippen molar-refractivity contribution < 1.29 is 19.1 Å². The molecule has 1 aliphatic heterocycles. The number of unbranched alkanes of at least 4 members (excludes halogenated alkanes) is 2. The minimum atomic E-state index is -0.528. The van der Waals surface area contributed by atoms with Crippen LogP contribution < -0.4 is 14.8 Å². The summed E-state index contributed by atoms with van der Waals surface area (Å²) in [5.74, 6) is 0.997. The average molecular weight is 529 g/mol. The molecule has 3 aromatic carbocycles. The zero-order chi connectivity index (χ0) is 27.5. The highest BCUT2D eigenvalue weighted by molar-refractivity contribution is 5.97. The van der Waals surface area contributed by atoms with Gasteiger partial charge >= 0.3 is 0 Å². The Balaban J connectivity index is 1.57. The number of aryl methyl sites for hydroxylation is 1. The predicted molar refractivity (Wildman–Crippen MR) is 154 cm³/mol. The summed E-state index contributed by atoms with van der Waals surface area (Å²) in [6.45, 7) is 3.53. The minimum absolute atomic E-state index is 0.0916. The van der Waals surface area contributed by atoms with Crippen LogP contribution in [0.1, 0.15) is 72.5 Å². The fourth-order valence-corrected chi connectivity index (χ4v) is 4.97. The van der Waals surface area contributed by atoms with E-state index in [4.69, 9.17) is 9.47 Å². The number of amides is 2. The van der Waals surface area contributed by atoms with Crippen molar-refractivity contribution >= 4 is 11.8 Å². The maximum absolute atomic E-state index is 13.9. The van der Waals surface area contributed by atoms with Gasteiger partial charge in [0.05, 0.1) is 7.11 Å². The second-order valence-electron chi connectivity index (χ2n) is 10.1.